The summed E-state index contributed by atoms with van der Waals surface area (Å²) in [6.07, 6.45) is 2.26. The quantitative estimate of drug-likeness (QED) is 0.261. The lowest BCUT2D eigenvalue weighted by Crippen LogP contribution is -2.19. The lowest BCUT2D eigenvalue weighted by atomic mass is 9.76. The molecule has 1 aliphatic heterocycles. The minimum atomic E-state index is -0.121. The molecule has 5 aromatic carbocycles. The maximum Gasteiger partial charge on any atom is 0.135 e. The maximum atomic E-state index is 6.42. The average Bonchev–Trinajstić information content (AvgIpc) is 3.16. The van der Waals surface area contributed by atoms with Crippen LogP contribution in [0.2, 0.25) is 0 Å². The van der Waals surface area contributed by atoms with Crippen molar-refractivity contribution in [1.82, 2.24) is 0 Å². The molecule has 5 aromatic rings. The smallest absolute Gasteiger partial charge is 0.135 e. The predicted octanol–water partition coefficient (Wildman–Crippen LogP) is 8.64. The molecule has 1 aliphatic carbocycles. The van der Waals surface area contributed by atoms with E-state index < -0.39 is 0 Å². The van der Waals surface area contributed by atoms with Gasteiger partial charge in [0.25, 0.3) is 0 Å². The van der Waals surface area contributed by atoms with Crippen LogP contribution in [-0.2, 0) is 5.41 Å². The number of rotatable bonds is 2. The summed E-state index contributed by atoms with van der Waals surface area (Å²) in [4.78, 5) is 0. The van der Waals surface area contributed by atoms with Crippen molar-refractivity contribution in [3.05, 3.63) is 131 Å². The molecule has 1 heteroatoms. The van der Waals surface area contributed by atoms with Gasteiger partial charge in [-0.1, -0.05) is 117 Å². The van der Waals surface area contributed by atoms with E-state index >= 15 is 0 Å². The van der Waals surface area contributed by atoms with Gasteiger partial charge in [-0.05, 0) is 56.0 Å². The molecule has 2 aliphatic rings. The van der Waals surface area contributed by atoms with E-state index in [1.54, 1.807) is 0 Å². The van der Waals surface area contributed by atoms with Crippen LogP contribution in [0.15, 0.2) is 109 Å². The standard InChI is InChI=1S/C34H26O/c1-34(2)29-15-9-8-14-28(29)30-26-12-6-7-13-27(26)33-31(32(30)34)25(20-21-35-33)24-18-16-23(17-19-24)22-10-4-3-5-11-22/h3-20H,21H2,1-2H3. The second kappa shape index (κ2) is 7.45. The zero-order valence-electron chi connectivity index (χ0n) is 20.0. The van der Waals surface area contributed by atoms with E-state index in [4.69, 9.17) is 4.74 Å². The average molecular weight is 451 g/mol. The first kappa shape index (κ1) is 20.3. The highest BCUT2D eigenvalue weighted by Crippen LogP contribution is 2.57. The Morgan fingerprint density at radius 1 is 0.600 bits per heavy atom. The van der Waals surface area contributed by atoms with Gasteiger partial charge in [0, 0.05) is 16.4 Å². The molecule has 0 bridgehead atoms. The molecule has 0 amide bonds. The Kier molecular flexibility index (Phi) is 4.32. The summed E-state index contributed by atoms with van der Waals surface area (Å²) in [6.45, 7) is 5.30. The molecule has 0 radical (unpaired) electrons. The van der Waals surface area contributed by atoms with Crippen molar-refractivity contribution in [1.29, 1.82) is 0 Å². The van der Waals surface area contributed by atoms with Gasteiger partial charge in [0.15, 0.2) is 0 Å². The van der Waals surface area contributed by atoms with Gasteiger partial charge in [-0.25, -0.2) is 0 Å². The van der Waals surface area contributed by atoms with Crippen molar-refractivity contribution in [2.24, 2.45) is 0 Å². The Bertz CT molecular complexity index is 1640. The minimum absolute atomic E-state index is 0.121. The monoisotopic (exact) mass is 450 g/mol. The highest BCUT2D eigenvalue weighted by Gasteiger charge is 2.41. The van der Waals surface area contributed by atoms with Crippen LogP contribution >= 0.6 is 0 Å². The summed E-state index contributed by atoms with van der Waals surface area (Å²) in [5.74, 6) is 1.02. The van der Waals surface area contributed by atoms with Crippen molar-refractivity contribution in [3.63, 3.8) is 0 Å². The van der Waals surface area contributed by atoms with Crippen LogP contribution in [0, 0.1) is 0 Å². The molecule has 168 valence electrons. The molecule has 0 saturated heterocycles. The second-order valence-electron chi connectivity index (χ2n) is 10.0. The number of benzene rings is 5. The molecular formula is C34H26O. The van der Waals surface area contributed by atoms with E-state index in [1.165, 1.54) is 60.9 Å². The number of hydrogen-bond donors (Lipinski definition) is 0. The maximum absolute atomic E-state index is 6.42. The van der Waals surface area contributed by atoms with E-state index in [1.807, 2.05) is 0 Å². The van der Waals surface area contributed by atoms with Crippen LogP contribution in [0.5, 0.6) is 5.75 Å². The Morgan fingerprint density at radius 2 is 1.23 bits per heavy atom. The van der Waals surface area contributed by atoms with Crippen LogP contribution in [0.1, 0.15) is 36.1 Å². The van der Waals surface area contributed by atoms with Gasteiger partial charge < -0.3 is 4.74 Å². The van der Waals surface area contributed by atoms with Crippen LogP contribution < -0.4 is 4.74 Å². The third-order valence-corrected chi connectivity index (χ3v) is 7.75. The Balaban J connectivity index is 1.49. The van der Waals surface area contributed by atoms with E-state index in [0.717, 1.165) is 5.75 Å². The fourth-order valence-corrected chi connectivity index (χ4v) is 6.14. The van der Waals surface area contributed by atoms with Crippen molar-refractivity contribution in [3.8, 4) is 28.0 Å². The lowest BCUT2D eigenvalue weighted by molar-refractivity contribution is 0.361. The lowest BCUT2D eigenvalue weighted by Gasteiger charge is -2.30. The summed E-state index contributed by atoms with van der Waals surface area (Å²) in [6, 6.07) is 37.2. The summed E-state index contributed by atoms with van der Waals surface area (Å²) in [5, 5.41) is 2.47. The highest BCUT2D eigenvalue weighted by molar-refractivity contribution is 6.10. The number of fused-ring (bicyclic) bond motifs is 8. The molecule has 0 atom stereocenters. The molecule has 35 heavy (non-hydrogen) atoms. The zero-order chi connectivity index (χ0) is 23.6. The minimum Gasteiger partial charge on any atom is -0.488 e. The topological polar surface area (TPSA) is 9.23 Å². The predicted molar refractivity (Wildman–Crippen MR) is 146 cm³/mol. The van der Waals surface area contributed by atoms with E-state index in [2.05, 4.69) is 123 Å². The van der Waals surface area contributed by atoms with Crippen LogP contribution in [0.25, 0.3) is 38.6 Å². The van der Waals surface area contributed by atoms with Crippen LogP contribution in [0.3, 0.4) is 0 Å². The van der Waals surface area contributed by atoms with Gasteiger partial charge in [-0.2, -0.15) is 0 Å². The summed E-state index contributed by atoms with van der Waals surface area (Å²) in [5.41, 5.74) is 11.6. The molecule has 0 unspecified atom stereocenters. The van der Waals surface area contributed by atoms with Gasteiger partial charge in [-0.3, -0.25) is 0 Å². The van der Waals surface area contributed by atoms with E-state index in [9.17, 15) is 0 Å². The summed E-state index contributed by atoms with van der Waals surface area (Å²) < 4.78 is 6.42. The summed E-state index contributed by atoms with van der Waals surface area (Å²) in [7, 11) is 0. The number of ether oxygens (including phenoxy) is 1. The highest BCUT2D eigenvalue weighted by atomic mass is 16.5. The van der Waals surface area contributed by atoms with Gasteiger partial charge in [0.2, 0.25) is 0 Å². The molecule has 0 aromatic heterocycles. The van der Waals surface area contributed by atoms with Crippen molar-refractivity contribution < 1.29 is 4.74 Å². The molecule has 0 fully saturated rings. The number of hydrogen-bond acceptors (Lipinski definition) is 1. The Morgan fingerprint density at radius 3 is 2.03 bits per heavy atom. The fourth-order valence-electron chi connectivity index (χ4n) is 6.14. The molecule has 7 rings (SSSR count). The molecule has 0 saturated carbocycles. The molecule has 1 heterocycles. The molecular weight excluding hydrogens is 424 g/mol. The first-order valence-corrected chi connectivity index (χ1v) is 12.3. The Hall–Kier alpha value is -4.10. The van der Waals surface area contributed by atoms with Crippen molar-refractivity contribution in [2.45, 2.75) is 19.3 Å². The molecule has 0 N–H and O–H groups in total. The molecule has 1 nitrogen and oxygen atoms in total. The summed E-state index contributed by atoms with van der Waals surface area (Å²) >= 11 is 0. The van der Waals surface area contributed by atoms with Crippen molar-refractivity contribution in [2.75, 3.05) is 6.61 Å². The van der Waals surface area contributed by atoms with Crippen LogP contribution in [0.4, 0.5) is 0 Å². The van der Waals surface area contributed by atoms with Crippen LogP contribution in [-0.4, -0.2) is 6.61 Å². The normalized spacial score (nSPS) is 15.1. The second-order valence-corrected chi connectivity index (χ2v) is 10.0. The van der Waals surface area contributed by atoms with E-state index in [-0.39, 0.29) is 5.41 Å². The van der Waals surface area contributed by atoms with E-state index in [0.29, 0.717) is 6.61 Å². The zero-order valence-corrected chi connectivity index (χ0v) is 20.0. The van der Waals surface area contributed by atoms with Gasteiger partial charge in [0.05, 0.1) is 0 Å². The van der Waals surface area contributed by atoms with Gasteiger partial charge in [0.1, 0.15) is 12.4 Å². The third kappa shape index (κ3) is 2.88. The first-order chi connectivity index (χ1) is 17.1. The Labute approximate surface area is 206 Å². The first-order valence-electron chi connectivity index (χ1n) is 12.3. The van der Waals surface area contributed by atoms with Gasteiger partial charge in [-0.15, -0.1) is 0 Å². The largest absolute Gasteiger partial charge is 0.488 e. The van der Waals surface area contributed by atoms with Gasteiger partial charge >= 0.3 is 0 Å². The molecule has 0 spiro atoms. The van der Waals surface area contributed by atoms with Crippen molar-refractivity contribution >= 4 is 16.3 Å². The fraction of sp³-hybridized carbons (Fsp3) is 0.118. The third-order valence-electron chi connectivity index (χ3n) is 7.75. The SMILES string of the molecule is CC1(C)c2ccccc2-c2c1c1c(c3ccccc23)OCC=C1c1ccc(-c2ccccc2)cc1.